The van der Waals surface area contributed by atoms with Crippen LogP contribution in [0, 0.1) is 0 Å². The molecule has 2 heterocycles. The molecule has 1 unspecified atom stereocenters. The predicted octanol–water partition coefficient (Wildman–Crippen LogP) is 4.25. The van der Waals surface area contributed by atoms with Gasteiger partial charge in [-0.3, -0.25) is 0 Å². The first-order valence-corrected chi connectivity index (χ1v) is 7.44. The molecule has 0 saturated heterocycles. The van der Waals surface area contributed by atoms with Crippen molar-refractivity contribution in [3.63, 3.8) is 0 Å². The second-order valence-corrected chi connectivity index (χ2v) is 5.62. The summed E-state index contributed by atoms with van der Waals surface area (Å²) in [6.45, 7) is 0. The van der Waals surface area contributed by atoms with Crippen LogP contribution in [-0.4, -0.2) is 20.2 Å². The number of imidazole rings is 1. The van der Waals surface area contributed by atoms with Gasteiger partial charge in [-0.1, -0.05) is 17.7 Å². The molecule has 0 fully saturated rings. The zero-order valence-corrected chi connectivity index (χ0v) is 13.0. The smallest absolute Gasteiger partial charge is 0.348 e. The van der Waals surface area contributed by atoms with Crippen LogP contribution in [0.15, 0.2) is 49.1 Å². The number of aromatic amines is 1. The molecule has 1 atom stereocenters. The number of aromatic nitrogens is 4. The molecule has 124 valence electrons. The van der Waals surface area contributed by atoms with E-state index in [1.807, 2.05) is 0 Å². The fourth-order valence-electron chi connectivity index (χ4n) is 2.48. The Kier molecular flexibility index (Phi) is 4.53. The van der Waals surface area contributed by atoms with Gasteiger partial charge >= 0.3 is 6.18 Å². The molecule has 1 aromatic carbocycles. The molecule has 0 amide bonds. The third kappa shape index (κ3) is 3.56. The van der Waals surface area contributed by atoms with Crippen molar-refractivity contribution >= 4 is 11.6 Å². The first-order valence-electron chi connectivity index (χ1n) is 7.06. The minimum absolute atomic E-state index is 0.0494. The van der Waals surface area contributed by atoms with Crippen molar-refractivity contribution in [2.24, 2.45) is 0 Å². The Labute approximate surface area is 140 Å². The third-order valence-electron chi connectivity index (χ3n) is 3.64. The van der Waals surface area contributed by atoms with Crippen LogP contribution >= 0.6 is 11.6 Å². The van der Waals surface area contributed by atoms with E-state index in [0.717, 1.165) is 17.8 Å². The fourth-order valence-corrected chi connectivity index (χ4v) is 2.79. The van der Waals surface area contributed by atoms with Crippen molar-refractivity contribution < 1.29 is 13.2 Å². The molecule has 0 bridgehead atoms. The van der Waals surface area contributed by atoms with Crippen LogP contribution in [0.1, 0.15) is 28.4 Å². The molecule has 3 aromatic rings. The van der Waals surface area contributed by atoms with Gasteiger partial charge in [0, 0.05) is 35.4 Å². The first kappa shape index (κ1) is 16.4. The maximum atomic E-state index is 12.8. The zero-order valence-electron chi connectivity index (χ0n) is 12.3. The molecule has 8 heteroatoms. The molecule has 0 radical (unpaired) electrons. The van der Waals surface area contributed by atoms with Crippen LogP contribution in [0.4, 0.5) is 13.2 Å². The van der Waals surface area contributed by atoms with Gasteiger partial charge in [0.05, 0.1) is 17.6 Å². The highest BCUT2D eigenvalue weighted by Crippen LogP contribution is 2.36. The Morgan fingerprint density at radius 3 is 2.62 bits per heavy atom. The van der Waals surface area contributed by atoms with Crippen LogP contribution in [-0.2, 0) is 12.6 Å². The van der Waals surface area contributed by atoms with Gasteiger partial charge in [0.1, 0.15) is 0 Å². The van der Waals surface area contributed by atoms with E-state index in [9.17, 15) is 13.2 Å². The Morgan fingerprint density at radius 2 is 2.04 bits per heavy atom. The number of rotatable bonds is 4. The maximum Gasteiger partial charge on any atom is 0.416 e. The van der Waals surface area contributed by atoms with Crippen molar-refractivity contribution in [1.29, 1.82) is 0 Å². The Hall–Kier alpha value is -2.41. The molecular formula is C16H12ClF3N4. The quantitative estimate of drug-likeness (QED) is 0.763. The summed E-state index contributed by atoms with van der Waals surface area (Å²) in [6, 6.07) is 6.92. The monoisotopic (exact) mass is 352 g/mol. The number of benzene rings is 1. The number of halogens is 4. The summed E-state index contributed by atoms with van der Waals surface area (Å²) in [6.07, 6.45) is 0.684. The number of hydrogen-bond donors (Lipinski definition) is 1. The summed E-state index contributed by atoms with van der Waals surface area (Å²) in [5.74, 6) is -0.306. The lowest BCUT2D eigenvalue weighted by Gasteiger charge is -2.18. The summed E-state index contributed by atoms with van der Waals surface area (Å²) < 4.78 is 38.5. The highest BCUT2D eigenvalue weighted by atomic mass is 35.5. The lowest BCUT2D eigenvalue weighted by molar-refractivity contribution is -0.137. The van der Waals surface area contributed by atoms with Gasteiger partial charge in [0.25, 0.3) is 0 Å². The topological polar surface area (TPSA) is 54.5 Å². The normalized spacial score (nSPS) is 13.0. The molecule has 0 aliphatic rings. The lowest BCUT2D eigenvalue weighted by Crippen LogP contribution is -2.10. The van der Waals surface area contributed by atoms with Crippen molar-refractivity contribution in [1.82, 2.24) is 20.2 Å². The van der Waals surface area contributed by atoms with Crippen molar-refractivity contribution in [3.8, 4) is 0 Å². The lowest BCUT2D eigenvalue weighted by atomic mass is 9.90. The van der Waals surface area contributed by atoms with Gasteiger partial charge in [-0.05, 0) is 29.8 Å². The summed E-state index contributed by atoms with van der Waals surface area (Å²) in [7, 11) is 0. The van der Waals surface area contributed by atoms with E-state index in [1.165, 1.54) is 12.4 Å². The second-order valence-electron chi connectivity index (χ2n) is 5.21. The molecule has 0 saturated carbocycles. The SMILES string of the molecule is FC(F)(F)c1ccc(C(Cc2cccnn2)c2cnc[nH]2)c(Cl)c1. The maximum absolute atomic E-state index is 12.8. The standard InChI is InChI=1S/C16H12ClF3N4/c17-14-6-10(16(18,19)20)3-4-12(14)13(15-8-21-9-22-15)7-11-2-1-5-23-24-11/h1-6,8-9,13H,7H2,(H,21,22). The average Bonchev–Trinajstić information content (AvgIpc) is 3.07. The average molecular weight is 353 g/mol. The molecule has 0 aliphatic heterocycles. The molecule has 3 rings (SSSR count). The summed E-state index contributed by atoms with van der Waals surface area (Å²) in [5.41, 5.74) is 1.23. The van der Waals surface area contributed by atoms with E-state index in [1.54, 1.807) is 24.5 Å². The van der Waals surface area contributed by atoms with E-state index in [4.69, 9.17) is 11.6 Å². The second kappa shape index (κ2) is 6.60. The largest absolute Gasteiger partial charge is 0.416 e. The highest BCUT2D eigenvalue weighted by Gasteiger charge is 2.31. The number of alkyl halides is 3. The Balaban J connectivity index is 2.00. The van der Waals surface area contributed by atoms with Gasteiger partial charge in [-0.15, -0.1) is 0 Å². The van der Waals surface area contributed by atoms with Crippen LogP contribution in [0.5, 0.6) is 0 Å². The van der Waals surface area contributed by atoms with E-state index in [0.29, 0.717) is 17.7 Å². The zero-order chi connectivity index (χ0) is 17.2. The van der Waals surface area contributed by atoms with Crippen LogP contribution in [0.2, 0.25) is 5.02 Å². The molecule has 0 aliphatic carbocycles. The number of nitrogens with one attached hydrogen (secondary N) is 1. The summed E-state index contributed by atoms with van der Waals surface area (Å²) >= 11 is 6.14. The number of H-pyrrole nitrogens is 1. The third-order valence-corrected chi connectivity index (χ3v) is 3.97. The molecule has 4 nitrogen and oxygen atoms in total. The minimum atomic E-state index is -4.43. The van der Waals surface area contributed by atoms with Gasteiger partial charge < -0.3 is 4.98 Å². The van der Waals surface area contributed by atoms with Crippen molar-refractivity contribution in [2.45, 2.75) is 18.5 Å². The fraction of sp³-hybridized carbons (Fsp3) is 0.188. The number of hydrogen-bond acceptors (Lipinski definition) is 3. The Bertz CT molecular complexity index is 804. The van der Waals surface area contributed by atoms with E-state index < -0.39 is 11.7 Å². The molecular weight excluding hydrogens is 341 g/mol. The minimum Gasteiger partial charge on any atom is -0.348 e. The first-order chi connectivity index (χ1) is 11.4. The summed E-state index contributed by atoms with van der Waals surface area (Å²) in [4.78, 5) is 6.97. The van der Waals surface area contributed by atoms with Crippen LogP contribution in [0.3, 0.4) is 0 Å². The molecule has 24 heavy (non-hydrogen) atoms. The highest BCUT2D eigenvalue weighted by molar-refractivity contribution is 6.31. The Morgan fingerprint density at radius 1 is 1.21 bits per heavy atom. The van der Waals surface area contributed by atoms with Gasteiger partial charge in [0.15, 0.2) is 0 Å². The van der Waals surface area contributed by atoms with Gasteiger partial charge in [-0.2, -0.15) is 23.4 Å². The predicted molar refractivity (Wildman–Crippen MR) is 82.6 cm³/mol. The van der Waals surface area contributed by atoms with Crippen LogP contribution < -0.4 is 0 Å². The van der Waals surface area contributed by atoms with Crippen molar-refractivity contribution in [2.75, 3.05) is 0 Å². The van der Waals surface area contributed by atoms with E-state index >= 15 is 0 Å². The van der Waals surface area contributed by atoms with E-state index in [-0.39, 0.29) is 10.9 Å². The molecule has 1 N–H and O–H groups in total. The van der Waals surface area contributed by atoms with Crippen molar-refractivity contribution in [3.05, 3.63) is 76.6 Å². The van der Waals surface area contributed by atoms with Gasteiger partial charge in [0.2, 0.25) is 0 Å². The van der Waals surface area contributed by atoms with Gasteiger partial charge in [-0.25, -0.2) is 4.98 Å². The van der Waals surface area contributed by atoms with E-state index in [2.05, 4.69) is 20.2 Å². The van der Waals surface area contributed by atoms with Crippen LogP contribution in [0.25, 0.3) is 0 Å². The summed E-state index contributed by atoms with van der Waals surface area (Å²) in [5, 5.41) is 7.91. The molecule has 2 aromatic heterocycles. The molecule has 0 spiro atoms. The number of nitrogens with zero attached hydrogens (tertiary/aromatic N) is 3.